The predicted molar refractivity (Wildman–Crippen MR) is 93.8 cm³/mol. The van der Waals surface area contributed by atoms with Crippen LogP contribution in [0.2, 0.25) is 5.02 Å². The van der Waals surface area contributed by atoms with Gasteiger partial charge in [-0.3, -0.25) is 4.57 Å². The summed E-state index contributed by atoms with van der Waals surface area (Å²) in [4.78, 5) is 12.5. The Balaban J connectivity index is 1.92. The van der Waals surface area contributed by atoms with Crippen molar-refractivity contribution in [3.8, 4) is 0 Å². The maximum absolute atomic E-state index is 13.8. The van der Waals surface area contributed by atoms with Gasteiger partial charge in [-0.2, -0.15) is 9.78 Å². The van der Waals surface area contributed by atoms with Gasteiger partial charge >= 0.3 is 5.69 Å². The molecule has 0 saturated heterocycles. The van der Waals surface area contributed by atoms with Crippen molar-refractivity contribution in [2.75, 3.05) is 0 Å². The Labute approximate surface area is 162 Å². The minimum absolute atomic E-state index is 0.0185. The van der Waals surface area contributed by atoms with Crippen molar-refractivity contribution in [1.29, 1.82) is 0 Å². The normalized spacial score (nSPS) is 18.5. The van der Waals surface area contributed by atoms with Crippen LogP contribution in [-0.2, 0) is 13.0 Å². The average molecular weight is 424 g/mol. The fourth-order valence-corrected chi connectivity index (χ4v) is 3.59. The Morgan fingerprint density at radius 2 is 1.82 bits per heavy atom. The number of nitrogens with zero attached hydrogens (tertiary/aromatic N) is 3. The molecule has 1 fully saturated rings. The molecule has 2 aromatic rings. The van der Waals surface area contributed by atoms with Gasteiger partial charge in [0.15, 0.2) is 0 Å². The van der Waals surface area contributed by atoms with Crippen molar-refractivity contribution in [1.82, 2.24) is 14.3 Å². The van der Waals surface area contributed by atoms with E-state index in [9.17, 15) is 26.7 Å². The highest BCUT2D eigenvalue weighted by molar-refractivity contribution is 6.31. The SMILES string of the molecule is O=c1n(C(F)C(F)F)nc(Cc2ccccc2Cl)n1CC1CCC(F)(F)CC1. The van der Waals surface area contributed by atoms with E-state index in [2.05, 4.69) is 5.10 Å². The van der Waals surface area contributed by atoms with Crippen LogP contribution in [0.25, 0.3) is 0 Å². The summed E-state index contributed by atoms with van der Waals surface area (Å²) in [7, 11) is 0. The molecule has 1 aromatic carbocycles. The Kier molecular flexibility index (Phi) is 6.12. The number of hydrogen-bond acceptors (Lipinski definition) is 2. The van der Waals surface area contributed by atoms with Crippen LogP contribution < -0.4 is 5.69 Å². The van der Waals surface area contributed by atoms with Crippen molar-refractivity contribution >= 4 is 11.6 Å². The van der Waals surface area contributed by atoms with Gasteiger partial charge < -0.3 is 0 Å². The van der Waals surface area contributed by atoms with Crippen LogP contribution in [0.3, 0.4) is 0 Å². The quantitative estimate of drug-likeness (QED) is 0.623. The smallest absolute Gasteiger partial charge is 0.278 e. The highest BCUT2D eigenvalue weighted by atomic mass is 35.5. The molecule has 3 rings (SSSR count). The van der Waals surface area contributed by atoms with Crippen LogP contribution >= 0.6 is 11.6 Å². The monoisotopic (exact) mass is 423 g/mol. The number of halogens is 6. The largest absolute Gasteiger partial charge is 0.348 e. The molecule has 1 aliphatic rings. The highest BCUT2D eigenvalue weighted by Crippen LogP contribution is 2.36. The van der Waals surface area contributed by atoms with Crippen molar-refractivity contribution in [2.45, 2.75) is 57.3 Å². The van der Waals surface area contributed by atoms with Gasteiger partial charge in [-0.25, -0.2) is 26.7 Å². The number of aromatic nitrogens is 3. The molecule has 0 bridgehead atoms. The van der Waals surface area contributed by atoms with Crippen molar-refractivity contribution in [3.05, 3.63) is 51.2 Å². The van der Waals surface area contributed by atoms with Crippen molar-refractivity contribution in [2.24, 2.45) is 5.92 Å². The van der Waals surface area contributed by atoms with E-state index in [0.29, 0.717) is 10.6 Å². The predicted octanol–water partition coefficient (Wildman–Crippen LogP) is 4.85. The maximum Gasteiger partial charge on any atom is 0.348 e. The molecule has 0 aliphatic heterocycles. The van der Waals surface area contributed by atoms with E-state index in [-0.39, 0.29) is 55.1 Å². The van der Waals surface area contributed by atoms with Gasteiger partial charge in [0.25, 0.3) is 12.7 Å². The third-order valence-corrected chi connectivity index (χ3v) is 5.36. The summed E-state index contributed by atoms with van der Waals surface area (Å²) in [6.45, 7) is 0.0185. The Hall–Kier alpha value is -1.90. The molecule has 0 amide bonds. The first kappa shape index (κ1) is 20.8. The summed E-state index contributed by atoms with van der Waals surface area (Å²) in [5.41, 5.74) is -0.433. The van der Waals surface area contributed by atoms with Gasteiger partial charge in [0.2, 0.25) is 5.92 Å². The average Bonchev–Trinajstić information content (AvgIpc) is 2.94. The van der Waals surface area contributed by atoms with E-state index < -0.39 is 24.3 Å². The van der Waals surface area contributed by atoms with E-state index in [1.807, 2.05) is 0 Å². The highest BCUT2D eigenvalue weighted by Gasteiger charge is 2.36. The zero-order valence-electron chi connectivity index (χ0n) is 14.8. The van der Waals surface area contributed by atoms with Crippen LogP contribution in [-0.4, -0.2) is 26.7 Å². The molecule has 1 atom stereocenters. The first-order valence-corrected chi connectivity index (χ1v) is 9.27. The van der Waals surface area contributed by atoms with E-state index in [1.54, 1.807) is 24.3 Å². The van der Waals surface area contributed by atoms with Gasteiger partial charge in [-0.15, -0.1) is 0 Å². The van der Waals surface area contributed by atoms with Crippen molar-refractivity contribution < 1.29 is 22.0 Å². The van der Waals surface area contributed by atoms with Gasteiger partial charge in [0.1, 0.15) is 5.82 Å². The molecule has 10 heteroatoms. The second-order valence-corrected chi connectivity index (χ2v) is 7.44. The van der Waals surface area contributed by atoms with Gasteiger partial charge in [0.05, 0.1) is 0 Å². The van der Waals surface area contributed by atoms with E-state index in [1.165, 1.54) is 0 Å². The third-order valence-electron chi connectivity index (χ3n) is 4.99. The molecule has 0 radical (unpaired) electrons. The van der Waals surface area contributed by atoms with Crippen LogP contribution in [0.5, 0.6) is 0 Å². The van der Waals surface area contributed by atoms with E-state index in [0.717, 1.165) is 4.57 Å². The molecule has 1 saturated carbocycles. The Morgan fingerprint density at radius 1 is 1.18 bits per heavy atom. The summed E-state index contributed by atoms with van der Waals surface area (Å²) in [5, 5.41) is 4.15. The molecule has 1 aromatic heterocycles. The van der Waals surface area contributed by atoms with Gasteiger partial charge in [0, 0.05) is 30.8 Å². The molecule has 1 aliphatic carbocycles. The lowest BCUT2D eigenvalue weighted by atomic mass is 9.86. The zero-order chi connectivity index (χ0) is 20.5. The summed E-state index contributed by atoms with van der Waals surface area (Å²) in [6.07, 6.45) is -6.50. The zero-order valence-corrected chi connectivity index (χ0v) is 15.6. The standard InChI is InChI=1S/C18H19ClF5N3O/c19-13-4-2-1-3-12(13)9-14-25-27(16(22)15(20)21)17(28)26(14)10-11-5-7-18(23,24)8-6-11/h1-4,11,15-16H,5-10H2. The summed E-state index contributed by atoms with van der Waals surface area (Å²) >= 11 is 6.11. The van der Waals surface area contributed by atoms with Crippen LogP contribution in [0.4, 0.5) is 22.0 Å². The molecule has 0 N–H and O–H groups in total. The number of rotatable bonds is 6. The van der Waals surface area contributed by atoms with Crippen LogP contribution in [0, 0.1) is 5.92 Å². The fourth-order valence-electron chi connectivity index (χ4n) is 3.39. The Morgan fingerprint density at radius 3 is 2.43 bits per heavy atom. The number of hydrogen-bond donors (Lipinski definition) is 0. The second-order valence-electron chi connectivity index (χ2n) is 7.03. The molecule has 28 heavy (non-hydrogen) atoms. The molecule has 1 unspecified atom stereocenters. The topological polar surface area (TPSA) is 39.8 Å². The lowest BCUT2D eigenvalue weighted by Crippen LogP contribution is -2.33. The summed E-state index contributed by atoms with van der Waals surface area (Å²) in [6, 6.07) is 6.71. The minimum atomic E-state index is -3.41. The number of benzene rings is 1. The lowest BCUT2D eigenvalue weighted by molar-refractivity contribution is -0.0475. The molecular formula is C18H19ClF5N3O. The van der Waals surface area contributed by atoms with Crippen LogP contribution in [0.1, 0.15) is 43.4 Å². The molecular weight excluding hydrogens is 405 g/mol. The second kappa shape index (κ2) is 8.23. The maximum atomic E-state index is 13.8. The summed E-state index contributed by atoms with van der Waals surface area (Å²) in [5.74, 6) is -2.91. The first-order chi connectivity index (χ1) is 13.2. The van der Waals surface area contributed by atoms with E-state index in [4.69, 9.17) is 11.6 Å². The lowest BCUT2D eigenvalue weighted by Gasteiger charge is -2.28. The Bertz CT molecular complexity index is 872. The van der Waals surface area contributed by atoms with Crippen molar-refractivity contribution in [3.63, 3.8) is 0 Å². The fraction of sp³-hybridized carbons (Fsp3) is 0.556. The number of alkyl halides is 5. The first-order valence-electron chi connectivity index (χ1n) is 8.89. The molecule has 4 nitrogen and oxygen atoms in total. The molecule has 154 valence electrons. The minimum Gasteiger partial charge on any atom is -0.278 e. The third kappa shape index (κ3) is 4.56. The van der Waals surface area contributed by atoms with Gasteiger partial charge in [-0.1, -0.05) is 29.8 Å². The molecule has 1 heterocycles. The van der Waals surface area contributed by atoms with E-state index >= 15 is 0 Å². The van der Waals surface area contributed by atoms with Gasteiger partial charge in [-0.05, 0) is 30.4 Å². The molecule has 0 spiro atoms. The summed E-state index contributed by atoms with van der Waals surface area (Å²) < 4.78 is 67.4. The van der Waals surface area contributed by atoms with Crippen LogP contribution in [0.15, 0.2) is 29.1 Å².